The fourth-order valence-corrected chi connectivity index (χ4v) is 0.887. The number of carboxylic acids is 1. The topological polar surface area (TPSA) is 94.5 Å². The minimum absolute atomic E-state index is 0. The summed E-state index contributed by atoms with van der Waals surface area (Å²) in [5, 5.41) is 9.17. The van der Waals surface area contributed by atoms with E-state index in [-0.39, 0.29) is 41.6 Å². The fourth-order valence-electron chi connectivity index (χ4n) is 0.548. The van der Waals surface area contributed by atoms with Gasteiger partial charge in [-0.2, -0.15) is 8.42 Å². The second kappa shape index (κ2) is 6.58. The Kier molecular flexibility index (Phi) is 7.77. The maximum atomic E-state index is 10.5. The molecule has 0 rings (SSSR count). The average Bonchev–Trinajstić information content (AvgIpc) is 1.97. The van der Waals surface area contributed by atoms with E-state index in [0.717, 1.165) is 0 Å². The fraction of sp³-hybridized carbons (Fsp3) is 0.571. The maximum Gasteiger partial charge on any atom is 1.00 e. The maximum absolute atomic E-state index is 10.5. The molecule has 0 spiro atoms. The van der Waals surface area contributed by atoms with Gasteiger partial charge in [-0.3, -0.25) is 4.55 Å². The van der Waals surface area contributed by atoms with Gasteiger partial charge in [0, 0.05) is 0 Å². The molecule has 0 heterocycles. The zero-order valence-corrected chi connectivity index (χ0v) is 11.2. The normalized spacial score (nSPS) is 14.4. The van der Waals surface area contributed by atoms with Crippen LogP contribution >= 0.6 is 0 Å². The van der Waals surface area contributed by atoms with E-state index < -0.39 is 21.3 Å². The molecule has 1 unspecified atom stereocenters. The molecule has 0 aromatic rings. The number of carboxylic acid groups (broad SMARTS) is 1. The molecule has 1 atom stereocenters. The summed E-state index contributed by atoms with van der Waals surface area (Å²) in [4.78, 5) is 10.2. The first-order valence-electron chi connectivity index (χ1n) is 3.59. The molecule has 0 aliphatic rings. The molecule has 0 aliphatic carbocycles. The SMILES string of the molecule is CC(=CCC(C)S(=O)(=O)O)C(=O)[O-].[Na+]. The van der Waals surface area contributed by atoms with Crippen LogP contribution in [0.15, 0.2) is 11.6 Å². The van der Waals surface area contributed by atoms with Crippen LogP contribution in [0.5, 0.6) is 0 Å². The van der Waals surface area contributed by atoms with Crippen molar-refractivity contribution >= 4 is 16.1 Å². The summed E-state index contributed by atoms with van der Waals surface area (Å²) in [7, 11) is -4.08. The van der Waals surface area contributed by atoms with Crippen LogP contribution in [0.4, 0.5) is 0 Å². The summed E-state index contributed by atoms with van der Waals surface area (Å²) < 4.78 is 29.5. The Morgan fingerprint density at radius 1 is 1.57 bits per heavy atom. The number of aliphatic carboxylic acids is 1. The van der Waals surface area contributed by atoms with Gasteiger partial charge in [-0.1, -0.05) is 6.08 Å². The van der Waals surface area contributed by atoms with E-state index in [2.05, 4.69) is 0 Å². The first kappa shape index (κ1) is 16.5. The van der Waals surface area contributed by atoms with E-state index in [4.69, 9.17) is 4.55 Å². The van der Waals surface area contributed by atoms with Crippen molar-refractivity contribution in [1.82, 2.24) is 0 Å². The van der Waals surface area contributed by atoms with Crippen molar-refractivity contribution in [2.45, 2.75) is 25.5 Å². The zero-order valence-electron chi connectivity index (χ0n) is 8.35. The molecular formula is C7H11NaO5S. The van der Waals surface area contributed by atoms with Crippen LogP contribution in [0.1, 0.15) is 20.3 Å². The van der Waals surface area contributed by atoms with E-state index in [1.165, 1.54) is 19.9 Å². The summed E-state index contributed by atoms with van der Waals surface area (Å²) in [6.45, 7) is 2.58. The van der Waals surface area contributed by atoms with Gasteiger partial charge in [0.25, 0.3) is 10.1 Å². The van der Waals surface area contributed by atoms with Crippen LogP contribution in [-0.4, -0.2) is 24.2 Å². The van der Waals surface area contributed by atoms with Crippen LogP contribution in [0, 0.1) is 0 Å². The smallest absolute Gasteiger partial charge is 0.545 e. The van der Waals surface area contributed by atoms with Gasteiger partial charge in [0.05, 0.1) is 11.2 Å². The van der Waals surface area contributed by atoms with E-state index in [0.29, 0.717) is 0 Å². The van der Waals surface area contributed by atoms with Crippen LogP contribution in [0.3, 0.4) is 0 Å². The van der Waals surface area contributed by atoms with Crippen molar-refractivity contribution in [2.24, 2.45) is 0 Å². The van der Waals surface area contributed by atoms with Crippen LogP contribution in [-0.2, 0) is 14.9 Å². The van der Waals surface area contributed by atoms with Gasteiger partial charge in [-0.25, -0.2) is 0 Å². The predicted molar refractivity (Wildman–Crippen MR) is 44.4 cm³/mol. The molecule has 76 valence electrons. The van der Waals surface area contributed by atoms with Gasteiger partial charge < -0.3 is 9.90 Å². The largest absolute Gasteiger partial charge is 1.00 e. The van der Waals surface area contributed by atoms with Gasteiger partial charge in [0.15, 0.2) is 0 Å². The monoisotopic (exact) mass is 230 g/mol. The van der Waals surface area contributed by atoms with Crippen molar-refractivity contribution in [2.75, 3.05) is 0 Å². The van der Waals surface area contributed by atoms with Gasteiger partial charge >= 0.3 is 29.6 Å². The first-order valence-corrected chi connectivity index (χ1v) is 5.10. The molecule has 0 aromatic carbocycles. The minimum Gasteiger partial charge on any atom is -0.545 e. The molecule has 0 radical (unpaired) electrons. The molecule has 0 amide bonds. The standard InChI is InChI=1S/C7H12O5S.Na/c1-5(7(8)9)3-4-6(2)13(10,11)12;/h3,6H,4H2,1-2H3,(H,8,9)(H,10,11,12);/q;+1/p-1. The van der Waals surface area contributed by atoms with Crippen molar-refractivity contribution in [3.63, 3.8) is 0 Å². The Labute approximate surface area is 105 Å². The molecule has 0 aliphatic heterocycles. The predicted octanol–water partition coefficient (Wildman–Crippen LogP) is -3.65. The Bertz CT molecular complexity index is 319. The average molecular weight is 230 g/mol. The number of carbonyl (C=O) groups is 1. The van der Waals surface area contributed by atoms with Gasteiger partial charge in [-0.15, -0.1) is 0 Å². The number of rotatable bonds is 4. The quantitative estimate of drug-likeness (QED) is 0.305. The number of hydrogen-bond donors (Lipinski definition) is 1. The Morgan fingerprint density at radius 3 is 2.29 bits per heavy atom. The molecule has 0 saturated heterocycles. The molecule has 5 nitrogen and oxygen atoms in total. The third kappa shape index (κ3) is 6.56. The number of carbonyl (C=O) groups excluding carboxylic acids is 1. The third-order valence-electron chi connectivity index (χ3n) is 1.59. The molecule has 1 N–H and O–H groups in total. The van der Waals surface area contributed by atoms with Crippen LogP contribution in [0.25, 0.3) is 0 Å². The van der Waals surface area contributed by atoms with Crippen molar-refractivity contribution in [1.29, 1.82) is 0 Å². The summed E-state index contributed by atoms with van der Waals surface area (Å²) in [5.41, 5.74) is -0.0458. The van der Waals surface area contributed by atoms with Gasteiger partial charge in [0.1, 0.15) is 0 Å². The zero-order chi connectivity index (χ0) is 10.6. The molecule has 0 saturated carbocycles. The Morgan fingerprint density at radius 2 is 2.00 bits per heavy atom. The van der Waals surface area contributed by atoms with Gasteiger partial charge in [-0.05, 0) is 25.8 Å². The molecule has 0 fully saturated rings. The van der Waals surface area contributed by atoms with E-state index in [9.17, 15) is 18.3 Å². The third-order valence-corrected chi connectivity index (χ3v) is 2.80. The molecule has 0 bridgehead atoms. The Hall–Kier alpha value is 0.120. The van der Waals surface area contributed by atoms with Crippen molar-refractivity contribution in [3.05, 3.63) is 11.6 Å². The minimum atomic E-state index is -4.08. The molecule has 7 heteroatoms. The summed E-state index contributed by atoms with van der Waals surface area (Å²) in [5.74, 6) is -1.34. The molecule has 14 heavy (non-hydrogen) atoms. The number of allylic oxidation sites excluding steroid dienone is 1. The first-order chi connectivity index (χ1) is 5.75. The van der Waals surface area contributed by atoms with E-state index in [1.54, 1.807) is 0 Å². The summed E-state index contributed by atoms with van der Waals surface area (Å²) >= 11 is 0. The van der Waals surface area contributed by atoms with Crippen LogP contribution in [0.2, 0.25) is 0 Å². The van der Waals surface area contributed by atoms with Crippen LogP contribution < -0.4 is 34.7 Å². The summed E-state index contributed by atoms with van der Waals surface area (Å²) in [6.07, 6.45) is 1.16. The summed E-state index contributed by atoms with van der Waals surface area (Å²) in [6, 6.07) is 0. The van der Waals surface area contributed by atoms with Gasteiger partial charge in [0.2, 0.25) is 0 Å². The van der Waals surface area contributed by atoms with Crippen molar-refractivity contribution < 1.29 is 52.4 Å². The number of hydrogen-bond acceptors (Lipinski definition) is 4. The second-order valence-electron chi connectivity index (χ2n) is 2.74. The molecule has 0 aromatic heterocycles. The Balaban J connectivity index is 0. The van der Waals surface area contributed by atoms with E-state index >= 15 is 0 Å². The second-order valence-corrected chi connectivity index (χ2v) is 4.57. The van der Waals surface area contributed by atoms with Crippen molar-refractivity contribution in [3.8, 4) is 0 Å². The molecular weight excluding hydrogens is 219 g/mol. The van der Waals surface area contributed by atoms with E-state index in [1.807, 2.05) is 0 Å².